The molecular formula is C56H35BN2O2S. The van der Waals surface area contributed by atoms with Crippen LogP contribution in [0, 0.1) is 13.8 Å². The molecular weight excluding hydrogens is 776 g/mol. The van der Waals surface area contributed by atoms with Crippen LogP contribution in [0.25, 0.3) is 86.3 Å². The summed E-state index contributed by atoms with van der Waals surface area (Å²) in [5.41, 5.74) is 15.0. The lowest BCUT2D eigenvalue weighted by Gasteiger charge is -2.34. The summed E-state index contributed by atoms with van der Waals surface area (Å²) in [7, 11) is 0. The van der Waals surface area contributed by atoms with Gasteiger partial charge in [0, 0.05) is 66.4 Å². The Labute approximate surface area is 361 Å². The highest BCUT2D eigenvalue weighted by Gasteiger charge is 2.41. The summed E-state index contributed by atoms with van der Waals surface area (Å²) in [5, 5.41) is 7.60. The first kappa shape index (κ1) is 34.2. The molecule has 0 amide bonds. The van der Waals surface area contributed by atoms with Gasteiger partial charge in [0.15, 0.2) is 0 Å². The molecule has 0 saturated carbocycles. The van der Waals surface area contributed by atoms with Crippen molar-refractivity contribution in [2.45, 2.75) is 13.8 Å². The Morgan fingerprint density at radius 1 is 0.452 bits per heavy atom. The van der Waals surface area contributed by atoms with E-state index in [0.717, 1.165) is 72.9 Å². The van der Waals surface area contributed by atoms with Crippen molar-refractivity contribution in [1.82, 2.24) is 9.13 Å². The van der Waals surface area contributed by atoms with Crippen LogP contribution in [0.3, 0.4) is 0 Å². The monoisotopic (exact) mass is 810 g/mol. The van der Waals surface area contributed by atoms with Gasteiger partial charge in [-0.1, -0.05) is 115 Å². The predicted molar refractivity (Wildman–Crippen MR) is 261 cm³/mol. The van der Waals surface area contributed by atoms with Gasteiger partial charge in [0.25, 0.3) is 6.71 Å². The molecule has 0 saturated heterocycles. The number of thiophene rings is 1. The van der Waals surface area contributed by atoms with Crippen molar-refractivity contribution in [3.63, 3.8) is 0 Å². The molecule has 9 aromatic carbocycles. The summed E-state index contributed by atoms with van der Waals surface area (Å²) in [6, 6.07) is 64.0. The maximum Gasteiger partial charge on any atom is 0.260 e. The van der Waals surface area contributed by atoms with Gasteiger partial charge in [-0.05, 0) is 89.5 Å². The summed E-state index contributed by atoms with van der Waals surface area (Å²) in [4.78, 5) is 0. The third kappa shape index (κ3) is 4.67. The minimum atomic E-state index is -0.0862. The van der Waals surface area contributed by atoms with Crippen molar-refractivity contribution >= 4 is 98.2 Å². The van der Waals surface area contributed by atoms with Crippen molar-refractivity contribution in [1.29, 1.82) is 0 Å². The number of hydrogen-bond donors (Lipinski definition) is 0. The maximum absolute atomic E-state index is 7.22. The summed E-state index contributed by atoms with van der Waals surface area (Å²) in [5.74, 6) is 3.35. The first-order chi connectivity index (χ1) is 30.6. The number of para-hydroxylation sites is 3. The molecule has 62 heavy (non-hydrogen) atoms. The highest BCUT2D eigenvalue weighted by atomic mass is 32.1. The molecule has 0 spiro atoms. The molecule has 0 radical (unpaired) electrons. The second-order valence-electron chi connectivity index (χ2n) is 17.0. The van der Waals surface area contributed by atoms with Gasteiger partial charge in [0.1, 0.15) is 23.0 Å². The lowest BCUT2D eigenvalue weighted by atomic mass is 9.35. The zero-order chi connectivity index (χ0) is 40.8. The number of nitrogens with zero attached hydrogens (tertiary/aromatic N) is 2. The number of benzene rings is 9. The zero-order valence-electron chi connectivity index (χ0n) is 33.9. The largest absolute Gasteiger partial charge is 0.458 e. The molecule has 0 unspecified atom stereocenters. The average Bonchev–Trinajstić information content (AvgIpc) is 3.97. The first-order valence-corrected chi connectivity index (χ1v) is 22.1. The van der Waals surface area contributed by atoms with E-state index in [-0.39, 0.29) is 6.71 Å². The summed E-state index contributed by atoms with van der Waals surface area (Å²) in [6.45, 7) is 4.36. The molecule has 3 aromatic heterocycles. The van der Waals surface area contributed by atoms with Gasteiger partial charge in [-0.25, -0.2) is 0 Å². The van der Waals surface area contributed by atoms with Gasteiger partial charge in [-0.3, -0.25) is 0 Å². The van der Waals surface area contributed by atoms with Gasteiger partial charge in [0.2, 0.25) is 0 Å². The van der Waals surface area contributed by atoms with Crippen molar-refractivity contribution in [2.24, 2.45) is 0 Å². The van der Waals surface area contributed by atoms with E-state index in [4.69, 9.17) is 9.47 Å². The van der Waals surface area contributed by atoms with Crippen LogP contribution in [0.2, 0.25) is 0 Å². The summed E-state index contributed by atoms with van der Waals surface area (Å²) >= 11 is 1.90. The Morgan fingerprint density at radius 3 is 1.76 bits per heavy atom. The fourth-order valence-corrected chi connectivity index (χ4v) is 12.1. The molecule has 0 fully saturated rings. The van der Waals surface area contributed by atoms with Gasteiger partial charge in [0.05, 0.1) is 32.5 Å². The number of ether oxygens (including phenoxy) is 2. The first-order valence-electron chi connectivity index (χ1n) is 21.3. The van der Waals surface area contributed by atoms with Crippen LogP contribution in [0.4, 0.5) is 0 Å². The highest BCUT2D eigenvalue weighted by Crippen LogP contribution is 2.46. The van der Waals surface area contributed by atoms with E-state index >= 15 is 0 Å². The Hall–Kier alpha value is -7.54. The van der Waals surface area contributed by atoms with Crippen molar-refractivity contribution in [3.05, 3.63) is 187 Å². The quantitative estimate of drug-likeness (QED) is 0.166. The molecule has 0 N–H and O–H groups in total. The maximum atomic E-state index is 7.22. The number of rotatable bonds is 3. The Kier molecular flexibility index (Phi) is 6.90. The third-order valence-corrected chi connectivity index (χ3v) is 14.5. The number of hydrogen-bond acceptors (Lipinski definition) is 3. The molecule has 290 valence electrons. The Morgan fingerprint density at radius 2 is 1.05 bits per heavy atom. The molecule has 14 rings (SSSR count). The van der Waals surface area contributed by atoms with Crippen LogP contribution in [-0.2, 0) is 0 Å². The standard InChI is InChI=1S/C56H35BN2O2S/c1-32-20-23-41-52(26-32)62-56-53(41)33(2)27-42-40-16-8-11-19-47(40)59(55(42)56)36-22-25-44-49(29-36)61-51-31-37(58-45-17-9-6-14-38(45)39-15-7-10-18-46(39)58)30-50-54(51)57(44)43-24-21-35(28-48(43)60-50)34-12-4-3-5-13-34/h3-31H,1-2H3. The molecule has 2 aliphatic rings. The molecule has 0 bridgehead atoms. The normalized spacial score (nSPS) is 12.9. The molecule has 6 heteroatoms. The molecule has 5 heterocycles. The van der Waals surface area contributed by atoms with Crippen LogP contribution in [0.5, 0.6) is 23.0 Å². The van der Waals surface area contributed by atoms with Crippen LogP contribution < -0.4 is 25.9 Å². The van der Waals surface area contributed by atoms with E-state index in [0.29, 0.717) is 0 Å². The predicted octanol–water partition coefficient (Wildman–Crippen LogP) is 13.3. The van der Waals surface area contributed by atoms with Crippen molar-refractivity contribution in [2.75, 3.05) is 0 Å². The number of aryl methyl sites for hydroxylation is 2. The molecule has 0 atom stereocenters. The van der Waals surface area contributed by atoms with E-state index in [9.17, 15) is 0 Å². The molecule has 4 nitrogen and oxygen atoms in total. The topological polar surface area (TPSA) is 28.3 Å². The molecule has 2 aliphatic heterocycles. The Balaban J connectivity index is 1.02. The minimum Gasteiger partial charge on any atom is -0.458 e. The second-order valence-corrected chi connectivity index (χ2v) is 18.0. The number of fused-ring (bicyclic) bond motifs is 14. The molecule has 0 aliphatic carbocycles. The highest BCUT2D eigenvalue weighted by molar-refractivity contribution is 7.26. The smallest absolute Gasteiger partial charge is 0.260 e. The minimum absolute atomic E-state index is 0.0862. The lowest BCUT2D eigenvalue weighted by Crippen LogP contribution is -2.57. The number of aromatic nitrogens is 2. The van der Waals surface area contributed by atoms with Gasteiger partial charge < -0.3 is 18.6 Å². The summed E-state index contributed by atoms with van der Waals surface area (Å²) in [6.07, 6.45) is 0. The second kappa shape index (κ2) is 12.5. The van der Waals surface area contributed by atoms with E-state index in [2.05, 4.69) is 199 Å². The van der Waals surface area contributed by atoms with Gasteiger partial charge in [-0.2, -0.15) is 0 Å². The van der Waals surface area contributed by atoms with E-state index in [1.807, 2.05) is 11.3 Å². The van der Waals surface area contributed by atoms with E-state index in [1.165, 1.54) is 63.9 Å². The molecule has 12 aromatic rings. The SMILES string of the molecule is Cc1ccc2c(c1)sc1c2c(C)cc2c3ccccc3n(-c3ccc4c(c3)Oc3cc(-n5c6ccccc6c6ccccc65)cc5c3B4c3ccc(-c4ccccc4)cc3O5)c21. The third-order valence-electron chi connectivity index (χ3n) is 13.4. The fourth-order valence-electron chi connectivity index (χ4n) is 10.7. The van der Waals surface area contributed by atoms with Crippen LogP contribution in [-0.4, -0.2) is 15.8 Å². The van der Waals surface area contributed by atoms with Gasteiger partial charge >= 0.3 is 0 Å². The van der Waals surface area contributed by atoms with E-state index in [1.54, 1.807) is 0 Å². The fraction of sp³-hybridized carbons (Fsp3) is 0.0357. The van der Waals surface area contributed by atoms with Gasteiger partial charge in [-0.15, -0.1) is 11.3 Å². The van der Waals surface area contributed by atoms with Crippen LogP contribution in [0.15, 0.2) is 176 Å². The van der Waals surface area contributed by atoms with Crippen molar-refractivity contribution in [3.8, 4) is 45.5 Å². The zero-order valence-corrected chi connectivity index (χ0v) is 34.8. The van der Waals surface area contributed by atoms with Crippen LogP contribution >= 0.6 is 11.3 Å². The lowest BCUT2D eigenvalue weighted by molar-refractivity contribution is 0.464. The van der Waals surface area contributed by atoms with Crippen molar-refractivity contribution < 1.29 is 9.47 Å². The average molecular weight is 811 g/mol. The van der Waals surface area contributed by atoms with E-state index < -0.39 is 0 Å². The summed E-state index contributed by atoms with van der Waals surface area (Å²) < 4.78 is 21.7. The Bertz CT molecular complexity index is 3860. The van der Waals surface area contributed by atoms with Crippen LogP contribution in [0.1, 0.15) is 11.1 Å².